The predicted octanol–water partition coefficient (Wildman–Crippen LogP) is 2.72. The van der Waals surface area contributed by atoms with Gasteiger partial charge in [-0.25, -0.2) is 4.98 Å². The molecule has 25 heavy (non-hydrogen) atoms. The molecular formula is C20H22N4O. The summed E-state index contributed by atoms with van der Waals surface area (Å²) in [4.78, 5) is 20.0. The van der Waals surface area contributed by atoms with E-state index in [9.17, 15) is 4.79 Å². The van der Waals surface area contributed by atoms with Gasteiger partial charge in [0, 0.05) is 32.5 Å². The van der Waals surface area contributed by atoms with Gasteiger partial charge in [0.15, 0.2) is 0 Å². The highest BCUT2D eigenvalue weighted by Crippen LogP contribution is 2.17. The molecule has 0 unspecified atom stereocenters. The van der Waals surface area contributed by atoms with Gasteiger partial charge in [0.05, 0.1) is 11.0 Å². The fourth-order valence-corrected chi connectivity index (χ4v) is 3.32. The highest BCUT2D eigenvalue weighted by atomic mass is 16.1. The number of amides is 1. The lowest BCUT2D eigenvalue weighted by atomic mass is 10.1. The van der Waals surface area contributed by atoms with Crippen LogP contribution >= 0.6 is 0 Å². The Morgan fingerprint density at radius 3 is 2.96 bits per heavy atom. The molecule has 0 atom stereocenters. The Morgan fingerprint density at radius 1 is 1.20 bits per heavy atom. The second-order valence-corrected chi connectivity index (χ2v) is 6.64. The Balaban J connectivity index is 1.32. The highest BCUT2D eigenvalue weighted by Gasteiger charge is 2.11. The normalized spacial score (nSPS) is 13.2. The monoisotopic (exact) mass is 334 g/mol. The molecule has 1 amide bonds. The van der Waals surface area contributed by atoms with Gasteiger partial charge in [-0.1, -0.05) is 30.3 Å². The Morgan fingerprint density at radius 2 is 2.08 bits per heavy atom. The topological polar surface area (TPSA) is 69.8 Å². The first kappa shape index (κ1) is 15.8. The molecule has 0 fully saturated rings. The van der Waals surface area contributed by atoms with Crippen LogP contribution in [-0.4, -0.2) is 15.9 Å². The van der Waals surface area contributed by atoms with E-state index in [0.29, 0.717) is 19.4 Å². The van der Waals surface area contributed by atoms with Crippen LogP contribution in [0.4, 0.5) is 0 Å². The van der Waals surface area contributed by atoms with Crippen LogP contribution in [0.2, 0.25) is 0 Å². The molecule has 128 valence electrons. The number of aromatic nitrogens is 2. The smallest absolute Gasteiger partial charge is 0.220 e. The van der Waals surface area contributed by atoms with E-state index < -0.39 is 0 Å². The molecular weight excluding hydrogens is 312 g/mol. The zero-order valence-corrected chi connectivity index (χ0v) is 14.4. The number of aromatic amines is 1. The molecule has 0 aliphatic carbocycles. The fourth-order valence-electron chi connectivity index (χ4n) is 3.32. The molecule has 0 bridgehead atoms. The van der Waals surface area contributed by atoms with Crippen LogP contribution in [0, 0.1) is 6.92 Å². The first-order valence-corrected chi connectivity index (χ1v) is 8.71. The van der Waals surface area contributed by atoms with Gasteiger partial charge in [0.2, 0.25) is 5.91 Å². The Hall–Kier alpha value is -2.66. The Kier molecular flexibility index (Phi) is 4.24. The lowest BCUT2D eigenvalue weighted by molar-refractivity contribution is -0.121. The number of hydrogen-bond acceptors (Lipinski definition) is 3. The number of hydrogen-bond donors (Lipinski definition) is 3. The van der Waals surface area contributed by atoms with Crippen molar-refractivity contribution in [2.75, 3.05) is 0 Å². The average molecular weight is 334 g/mol. The van der Waals surface area contributed by atoms with Crippen molar-refractivity contribution in [1.82, 2.24) is 20.6 Å². The lowest BCUT2D eigenvalue weighted by Gasteiger charge is -2.06. The number of aryl methyl sites for hydroxylation is 2. The van der Waals surface area contributed by atoms with Gasteiger partial charge in [0.1, 0.15) is 5.82 Å². The molecule has 0 radical (unpaired) electrons. The quantitative estimate of drug-likeness (QED) is 0.672. The van der Waals surface area contributed by atoms with E-state index in [1.54, 1.807) is 0 Å². The maximum atomic E-state index is 12.1. The van der Waals surface area contributed by atoms with E-state index >= 15 is 0 Å². The van der Waals surface area contributed by atoms with Crippen molar-refractivity contribution >= 4 is 16.9 Å². The van der Waals surface area contributed by atoms with Gasteiger partial charge in [-0.15, -0.1) is 0 Å². The lowest BCUT2D eigenvalue weighted by Crippen LogP contribution is -2.23. The zero-order valence-electron chi connectivity index (χ0n) is 14.4. The SMILES string of the molecule is Cc1cccc2[nH]c(CCC(=O)NCc3ccc4c(c3)CNC4)nc12. The molecule has 0 spiro atoms. The number of carbonyl (C=O) groups excluding carboxylic acids is 1. The molecule has 1 aliphatic heterocycles. The minimum atomic E-state index is 0.0517. The Labute approximate surface area is 146 Å². The second-order valence-electron chi connectivity index (χ2n) is 6.64. The second kappa shape index (κ2) is 6.69. The predicted molar refractivity (Wildman–Crippen MR) is 98.0 cm³/mol. The summed E-state index contributed by atoms with van der Waals surface area (Å²) in [5.74, 6) is 0.916. The Bertz CT molecular complexity index is 929. The van der Waals surface area contributed by atoms with Crippen molar-refractivity contribution in [2.24, 2.45) is 0 Å². The molecule has 0 saturated heterocycles. The summed E-state index contributed by atoms with van der Waals surface area (Å²) in [7, 11) is 0. The molecule has 2 aromatic carbocycles. The molecule has 1 aromatic heterocycles. The summed E-state index contributed by atoms with van der Waals surface area (Å²) in [6, 6.07) is 12.5. The number of nitrogens with zero attached hydrogens (tertiary/aromatic N) is 1. The van der Waals surface area contributed by atoms with Crippen molar-refractivity contribution < 1.29 is 4.79 Å². The maximum Gasteiger partial charge on any atom is 0.220 e. The summed E-state index contributed by atoms with van der Waals surface area (Å²) in [5, 5.41) is 6.34. The molecule has 3 aromatic rings. The van der Waals surface area contributed by atoms with Crippen molar-refractivity contribution in [3.8, 4) is 0 Å². The van der Waals surface area contributed by atoms with Gasteiger partial charge in [0.25, 0.3) is 0 Å². The van der Waals surface area contributed by atoms with Crippen molar-refractivity contribution in [3.05, 3.63) is 64.5 Å². The van der Waals surface area contributed by atoms with Crippen LogP contribution in [-0.2, 0) is 30.8 Å². The summed E-state index contributed by atoms with van der Waals surface area (Å²) in [6.07, 6.45) is 1.05. The minimum Gasteiger partial charge on any atom is -0.352 e. The van der Waals surface area contributed by atoms with E-state index in [1.165, 1.54) is 11.1 Å². The molecule has 4 rings (SSSR count). The van der Waals surface area contributed by atoms with E-state index in [4.69, 9.17) is 0 Å². The molecule has 5 nitrogen and oxygen atoms in total. The third kappa shape index (κ3) is 3.42. The highest BCUT2D eigenvalue weighted by molar-refractivity contribution is 5.79. The summed E-state index contributed by atoms with van der Waals surface area (Å²) in [5.41, 5.74) is 7.01. The summed E-state index contributed by atoms with van der Waals surface area (Å²) < 4.78 is 0. The molecule has 5 heteroatoms. The van der Waals surface area contributed by atoms with Gasteiger partial charge in [-0.3, -0.25) is 4.79 Å². The number of benzene rings is 2. The van der Waals surface area contributed by atoms with Crippen LogP contribution in [0.1, 0.15) is 34.5 Å². The fraction of sp³-hybridized carbons (Fsp3) is 0.300. The molecule has 0 saturated carbocycles. The van der Waals surface area contributed by atoms with Gasteiger partial charge in [-0.05, 0) is 35.2 Å². The summed E-state index contributed by atoms with van der Waals surface area (Å²) >= 11 is 0. The number of fused-ring (bicyclic) bond motifs is 2. The van der Waals surface area contributed by atoms with Crippen molar-refractivity contribution in [2.45, 2.75) is 39.4 Å². The molecule has 3 N–H and O–H groups in total. The average Bonchev–Trinajstić information content (AvgIpc) is 3.24. The first-order chi connectivity index (χ1) is 12.2. The number of para-hydroxylation sites is 1. The van der Waals surface area contributed by atoms with Crippen molar-refractivity contribution in [1.29, 1.82) is 0 Å². The van der Waals surface area contributed by atoms with E-state index in [2.05, 4.69) is 38.8 Å². The number of nitrogens with one attached hydrogen (secondary N) is 3. The first-order valence-electron chi connectivity index (χ1n) is 8.71. The number of carbonyl (C=O) groups is 1. The molecule has 1 aliphatic rings. The van der Waals surface area contributed by atoms with Gasteiger partial charge in [-0.2, -0.15) is 0 Å². The number of imidazole rings is 1. The summed E-state index contributed by atoms with van der Waals surface area (Å²) in [6.45, 7) is 4.48. The van der Waals surface area contributed by atoms with Crippen LogP contribution in [0.5, 0.6) is 0 Å². The van der Waals surface area contributed by atoms with Crippen molar-refractivity contribution in [3.63, 3.8) is 0 Å². The maximum absolute atomic E-state index is 12.1. The van der Waals surface area contributed by atoms with Crippen LogP contribution in [0.25, 0.3) is 11.0 Å². The zero-order chi connectivity index (χ0) is 17.2. The van der Waals surface area contributed by atoms with Crippen LogP contribution in [0.3, 0.4) is 0 Å². The van der Waals surface area contributed by atoms with Gasteiger partial charge < -0.3 is 15.6 Å². The van der Waals surface area contributed by atoms with Crippen LogP contribution < -0.4 is 10.6 Å². The largest absolute Gasteiger partial charge is 0.352 e. The minimum absolute atomic E-state index is 0.0517. The standard InChI is InChI=1S/C20H22N4O/c1-13-3-2-4-17-20(13)24-18(23-17)7-8-19(25)22-10-14-5-6-15-11-21-12-16(15)9-14/h2-6,9,21H,7-8,10-12H2,1H3,(H,22,25)(H,23,24). The van der Waals surface area contributed by atoms with Crippen LogP contribution in [0.15, 0.2) is 36.4 Å². The third-order valence-corrected chi connectivity index (χ3v) is 4.74. The molecule has 2 heterocycles. The number of rotatable bonds is 5. The number of H-pyrrole nitrogens is 1. The van der Waals surface area contributed by atoms with E-state index in [0.717, 1.165) is 41.1 Å². The third-order valence-electron chi connectivity index (χ3n) is 4.74. The van der Waals surface area contributed by atoms with E-state index in [-0.39, 0.29) is 5.91 Å². The van der Waals surface area contributed by atoms with E-state index in [1.807, 2.05) is 25.1 Å². The van der Waals surface area contributed by atoms with Gasteiger partial charge >= 0.3 is 0 Å².